The standard InChI is InChI=1S/C14H18BrNO4/c1-10(4-2-7-14(18)19)16-13(17)9-20-12-6-3-5-11(15)8-12/h3,5-6,8,10H,2,4,7,9H2,1H3,(H,16,17)(H,18,19). The van der Waals surface area contributed by atoms with Crippen LogP contribution in [0.1, 0.15) is 26.2 Å². The molecular formula is C14H18BrNO4. The Morgan fingerprint density at radius 1 is 1.45 bits per heavy atom. The molecule has 0 saturated heterocycles. The number of rotatable bonds is 8. The van der Waals surface area contributed by atoms with Gasteiger partial charge in [-0.3, -0.25) is 9.59 Å². The van der Waals surface area contributed by atoms with Crippen molar-refractivity contribution in [1.82, 2.24) is 5.32 Å². The van der Waals surface area contributed by atoms with Gasteiger partial charge < -0.3 is 15.2 Å². The van der Waals surface area contributed by atoms with E-state index in [1.807, 2.05) is 19.1 Å². The normalized spacial score (nSPS) is 11.7. The second-order valence-corrected chi connectivity index (χ2v) is 5.42. The van der Waals surface area contributed by atoms with Gasteiger partial charge in [0.25, 0.3) is 5.91 Å². The minimum Gasteiger partial charge on any atom is -0.484 e. The molecule has 0 heterocycles. The quantitative estimate of drug-likeness (QED) is 0.760. The molecule has 1 unspecified atom stereocenters. The van der Waals surface area contributed by atoms with Gasteiger partial charge in [0.05, 0.1) is 0 Å². The highest BCUT2D eigenvalue weighted by Crippen LogP contribution is 2.17. The number of halogens is 1. The molecule has 1 amide bonds. The molecule has 6 heteroatoms. The number of carbonyl (C=O) groups is 2. The summed E-state index contributed by atoms with van der Waals surface area (Å²) in [7, 11) is 0. The predicted molar refractivity (Wildman–Crippen MR) is 78.7 cm³/mol. The van der Waals surface area contributed by atoms with E-state index in [0.29, 0.717) is 18.6 Å². The number of carboxylic acids is 1. The molecule has 1 rings (SSSR count). The SMILES string of the molecule is CC(CCCC(=O)O)NC(=O)COc1cccc(Br)c1. The summed E-state index contributed by atoms with van der Waals surface area (Å²) in [5.74, 6) is -0.414. The largest absolute Gasteiger partial charge is 0.484 e. The number of amides is 1. The zero-order valence-electron chi connectivity index (χ0n) is 11.3. The summed E-state index contributed by atoms with van der Waals surface area (Å²) in [5.41, 5.74) is 0. The molecule has 20 heavy (non-hydrogen) atoms. The van der Waals surface area contributed by atoms with Crippen molar-refractivity contribution in [2.24, 2.45) is 0 Å². The lowest BCUT2D eigenvalue weighted by atomic mass is 10.1. The van der Waals surface area contributed by atoms with Gasteiger partial charge in [0, 0.05) is 16.9 Å². The van der Waals surface area contributed by atoms with Crippen molar-refractivity contribution < 1.29 is 19.4 Å². The van der Waals surface area contributed by atoms with Gasteiger partial charge in [-0.2, -0.15) is 0 Å². The molecule has 0 fully saturated rings. The van der Waals surface area contributed by atoms with Crippen LogP contribution in [0, 0.1) is 0 Å². The first-order valence-corrected chi connectivity index (χ1v) is 7.16. The Morgan fingerprint density at radius 2 is 2.20 bits per heavy atom. The molecule has 0 saturated carbocycles. The number of carboxylic acid groups (broad SMARTS) is 1. The van der Waals surface area contributed by atoms with Gasteiger partial charge in [-0.15, -0.1) is 0 Å². The average molecular weight is 344 g/mol. The highest BCUT2D eigenvalue weighted by atomic mass is 79.9. The monoisotopic (exact) mass is 343 g/mol. The Labute approximate surface area is 126 Å². The molecule has 0 spiro atoms. The van der Waals surface area contributed by atoms with Crippen LogP contribution in [0.2, 0.25) is 0 Å². The maximum atomic E-state index is 11.6. The molecule has 0 bridgehead atoms. The van der Waals surface area contributed by atoms with Crippen molar-refractivity contribution in [3.05, 3.63) is 28.7 Å². The van der Waals surface area contributed by atoms with E-state index < -0.39 is 5.97 Å². The lowest BCUT2D eigenvalue weighted by Crippen LogP contribution is -2.36. The van der Waals surface area contributed by atoms with Crippen LogP contribution in [-0.4, -0.2) is 29.6 Å². The minimum absolute atomic E-state index is 0.0558. The van der Waals surface area contributed by atoms with Gasteiger partial charge >= 0.3 is 5.97 Å². The van der Waals surface area contributed by atoms with Crippen LogP contribution < -0.4 is 10.1 Å². The van der Waals surface area contributed by atoms with Gasteiger partial charge in [-0.25, -0.2) is 0 Å². The molecule has 0 aliphatic carbocycles. The summed E-state index contributed by atoms with van der Waals surface area (Å²) >= 11 is 3.32. The predicted octanol–water partition coefficient (Wildman–Crippen LogP) is 2.59. The Bertz CT molecular complexity index is 464. The third-order valence-corrected chi connectivity index (χ3v) is 3.09. The lowest BCUT2D eigenvalue weighted by Gasteiger charge is -2.13. The zero-order valence-corrected chi connectivity index (χ0v) is 12.9. The first kappa shape index (κ1) is 16.5. The van der Waals surface area contributed by atoms with Gasteiger partial charge in [-0.1, -0.05) is 22.0 Å². The van der Waals surface area contributed by atoms with Crippen molar-refractivity contribution in [1.29, 1.82) is 0 Å². The molecule has 110 valence electrons. The van der Waals surface area contributed by atoms with Gasteiger partial charge in [-0.05, 0) is 38.0 Å². The van der Waals surface area contributed by atoms with E-state index in [1.165, 1.54) is 0 Å². The molecule has 2 N–H and O–H groups in total. The third kappa shape index (κ3) is 7.13. The zero-order chi connectivity index (χ0) is 15.0. The number of hydrogen-bond acceptors (Lipinski definition) is 3. The summed E-state index contributed by atoms with van der Waals surface area (Å²) in [6.07, 6.45) is 1.30. The number of ether oxygens (including phenoxy) is 1. The summed E-state index contributed by atoms with van der Waals surface area (Å²) in [6.45, 7) is 1.79. The van der Waals surface area contributed by atoms with E-state index in [9.17, 15) is 9.59 Å². The van der Waals surface area contributed by atoms with Crippen LogP contribution in [0.5, 0.6) is 5.75 Å². The van der Waals surface area contributed by atoms with Crippen LogP contribution in [0.3, 0.4) is 0 Å². The lowest BCUT2D eigenvalue weighted by molar-refractivity contribution is -0.137. The van der Waals surface area contributed by atoms with Crippen LogP contribution >= 0.6 is 15.9 Å². The van der Waals surface area contributed by atoms with E-state index in [4.69, 9.17) is 9.84 Å². The Balaban J connectivity index is 2.24. The van der Waals surface area contributed by atoms with Gasteiger partial charge in [0.15, 0.2) is 6.61 Å². The Hall–Kier alpha value is -1.56. The topological polar surface area (TPSA) is 75.6 Å². The fraction of sp³-hybridized carbons (Fsp3) is 0.429. The summed E-state index contributed by atoms with van der Waals surface area (Å²) in [4.78, 5) is 22.0. The first-order valence-electron chi connectivity index (χ1n) is 6.37. The van der Waals surface area contributed by atoms with Gasteiger partial charge in [0.1, 0.15) is 5.75 Å². The van der Waals surface area contributed by atoms with E-state index in [2.05, 4.69) is 21.2 Å². The van der Waals surface area contributed by atoms with Gasteiger partial charge in [0.2, 0.25) is 0 Å². The highest BCUT2D eigenvalue weighted by Gasteiger charge is 2.09. The smallest absolute Gasteiger partial charge is 0.303 e. The minimum atomic E-state index is -0.818. The second-order valence-electron chi connectivity index (χ2n) is 4.50. The number of aliphatic carboxylic acids is 1. The van der Waals surface area contributed by atoms with E-state index in [1.54, 1.807) is 12.1 Å². The van der Waals surface area contributed by atoms with Crippen molar-refractivity contribution in [3.63, 3.8) is 0 Å². The molecule has 0 aliphatic rings. The third-order valence-electron chi connectivity index (χ3n) is 2.60. The summed E-state index contributed by atoms with van der Waals surface area (Å²) in [6, 6.07) is 7.19. The van der Waals surface area contributed by atoms with Crippen LogP contribution in [0.4, 0.5) is 0 Å². The molecule has 1 aromatic carbocycles. The number of benzene rings is 1. The van der Waals surface area contributed by atoms with E-state index in [-0.39, 0.29) is 25.0 Å². The number of nitrogens with one attached hydrogen (secondary N) is 1. The molecule has 1 aromatic rings. The Kier molecular flexibility index (Phi) is 7.08. The number of hydrogen-bond donors (Lipinski definition) is 2. The summed E-state index contributed by atoms with van der Waals surface area (Å²) < 4.78 is 6.24. The molecular weight excluding hydrogens is 326 g/mol. The maximum absolute atomic E-state index is 11.6. The van der Waals surface area contributed by atoms with E-state index >= 15 is 0 Å². The van der Waals surface area contributed by atoms with Crippen LogP contribution in [-0.2, 0) is 9.59 Å². The maximum Gasteiger partial charge on any atom is 0.303 e. The average Bonchev–Trinajstić information content (AvgIpc) is 2.36. The summed E-state index contributed by atoms with van der Waals surface area (Å²) in [5, 5.41) is 11.3. The van der Waals surface area contributed by atoms with Crippen molar-refractivity contribution in [2.75, 3.05) is 6.61 Å². The molecule has 5 nitrogen and oxygen atoms in total. The fourth-order valence-corrected chi connectivity index (χ4v) is 2.03. The molecule has 1 atom stereocenters. The van der Waals surface area contributed by atoms with Crippen molar-refractivity contribution >= 4 is 27.8 Å². The fourth-order valence-electron chi connectivity index (χ4n) is 1.65. The Morgan fingerprint density at radius 3 is 2.85 bits per heavy atom. The van der Waals surface area contributed by atoms with E-state index in [0.717, 1.165) is 4.47 Å². The molecule has 0 aliphatic heterocycles. The highest BCUT2D eigenvalue weighted by molar-refractivity contribution is 9.10. The van der Waals surface area contributed by atoms with Crippen LogP contribution in [0.15, 0.2) is 28.7 Å². The number of carbonyl (C=O) groups excluding carboxylic acids is 1. The van der Waals surface area contributed by atoms with Crippen molar-refractivity contribution in [2.45, 2.75) is 32.2 Å². The van der Waals surface area contributed by atoms with Crippen molar-refractivity contribution in [3.8, 4) is 5.75 Å². The molecule has 0 radical (unpaired) electrons. The first-order chi connectivity index (χ1) is 9.47. The second kappa shape index (κ2) is 8.58. The van der Waals surface area contributed by atoms with Crippen LogP contribution in [0.25, 0.3) is 0 Å². The molecule has 0 aromatic heterocycles.